The fraction of sp³-hybridized carbons (Fsp3) is 0. The summed E-state index contributed by atoms with van der Waals surface area (Å²) in [5, 5.41) is 12.6. The van der Waals surface area contributed by atoms with E-state index in [0.717, 1.165) is 0 Å². The third kappa shape index (κ3) is 2.97. The van der Waals surface area contributed by atoms with Crippen molar-refractivity contribution in [2.45, 2.75) is 0 Å². The number of hydrogen-bond donors (Lipinski definition) is 1. The summed E-state index contributed by atoms with van der Waals surface area (Å²) < 4.78 is 26.7. The highest BCUT2D eigenvalue weighted by atomic mass is 35.5. The van der Waals surface area contributed by atoms with E-state index in [1.807, 2.05) is 6.07 Å². The number of pyridine rings is 1. The maximum absolute atomic E-state index is 13.5. The largest absolute Gasteiger partial charge is 0.354 e. The molecule has 110 valence electrons. The molecule has 0 bridgehead atoms. The van der Waals surface area contributed by atoms with E-state index < -0.39 is 11.6 Å². The molecule has 0 aliphatic heterocycles. The average molecular weight is 318 g/mol. The Bertz CT molecular complexity index is 875. The highest BCUT2D eigenvalue weighted by molar-refractivity contribution is 5.95. The van der Waals surface area contributed by atoms with E-state index in [2.05, 4.69) is 10.3 Å². The molecule has 0 amide bonds. The molecule has 0 saturated carbocycles. The van der Waals surface area contributed by atoms with Crippen molar-refractivity contribution >= 4 is 34.7 Å². The molecular weight excluding hydrogens is 308 g/mol. The van der Waals surface area contributed by atoms with Crippen LogP contribution in [0.3, 0.4) is 0 Å². The van der Waals surface area contributed by atoms with Crippen molar-refractivity contribution in [2.24, 2.45) is 0 Å². The summed E-state index contributed by atoms with van der Waals surface area (Å²) in [7, 11) is 0. The molecule has 1 heterocycles. The highest BCUT2D eigenvalue weighted by Crippen LogP contribution is 2.29. The van der Waals surface area contributed by atoms with Gasteiger partial charge in [0.1, 0.15) is 17.7 Å². The van der Waals surface area contributed by atoms with Crippen LogP contribution in [0.4, 0.5) is 20.2 Å². The molecule has 1 N–H and O–H groups in total. The molecule has 1 aromatic heterocycles. The van der Waals surface area contributed by atoms with Crippen LogP contribution in [0.15, 0.2) is 48.7 Å². The van der Waals surface area contributed by atoms with Gasteiger partial charge in [0.05, 0.1) is 16.8 Å². The van der Waals surface area contributed by atoms with Gasteiger partial charge in [-0.3, -0.25) is 4.98 Å². The molecule has 0 aliphatic carbocycles. The Balaban J connectivity index is 0.00000176. The predicted octanol–water partition coefficient (Wildman–Crippen LogP) is 4.55. The number of benzene rings is 2. The number of halogens is 3. The molecule has 0 atom stereocenters. The van der Waals surface area contributed by atoms with Crippen LogP contribution in [-0.2, 0) is 0 Å². The van der Waals surface area contributed by atoms with Gasteiger partial charge in [-0.2, -0.15) is 5.26 Å². The topological polar surface area (TPSA) is 48.7 Å². The van der Waals surface area contributed by atoms with Crippen LogP contribution in [0.25, 0.3) is 10.9 Å². The SMILES string of the molecule is Cl.N#Cc1cnc2ccc(F)cc2c1Nc1cccc(F)c1. The number of hydrogen-bond acceptors (Lipinski definition) is 3. The van der Waals surface area contributed by atoms with E-state index >= 15 is 0 Å². The minimum Gasteiger partial charge on any atom is -0.354 e. The standard InChI is InChI=1S/C16H9F2N3.ClH/c17-11-2-1-3-13(6-11)21-16-10(8-19)9-20-15-5-4-12(18)7-14(15)16;/h1-7,9H,(H,20,21);1H. The first kappa shape index (κ1) is 15.7. The number of nitriles is 1. The summed E-state index contributed by atoms with van der Waals surface area (Å²) in [5.74, 6) is -0.829. The lowest BCUT2D eigenvalue weighted by Crippen LogP contribution is -1.97. The lowest BCUT2D eigenvalue weighted by atomic mass is 10.1. The summed E-state index contributed by atoms with van der Waals surface area (Å²) in [4.78, 5) is 4.11. The lowest BCUT2D eigenvalue weighted by molar-refractivity contribution is 0.628. The Kier molecular flexibility index (Phi) is 4.54. The molecule has 0 aliphatic rings. The fourth-order valence-electron chi connectivity index (χ4n) is 2.09. The van der Waals surface area contributed by atoms with Gasteiger partial charge in [-0.1, -0.05) is 6.07 Å². The van der Waals surface area contributed by atoms with Crippen molar-refractivity contribution in [1.82, 2.24) is 4.98 Å². The second-order valence-electron chi connectivity index (χ2n) is 4.46. The summed E-state index contributed by atoms with van der Waals surface area (Å²) in [6, 6.07) is 12.0. The molecule has 0 spiro atoms. The smallest absolute Gasteiger partial charge is 0.125 e. The van der Waals surface area contributed by atoms with Gasteiger partial charge in [-0.05, 0) is 36.4 Å². The first-order valence-electron chi connectivity index (χ1n) is 6.18. The van der Waals surface area contributed by atoms with Gasteiger partial charge in [-0.15, -0.1) is 12.4 Å². The van der Waals surface area contributed by atoms with Gasteiger partial charge in [0.25, 0.3) is 0 Å². The van der Waals surface area contributed by atoms with Crippen LogP contribution in [0, 0.1) is 23.0 Å². The molecule has 3 rings (SSSR count). The monoisotopic (exact) mass is 317 g/mol. The number of fused-ring (bicyclic) bond motifs is 1. The second kappa shape index (κ2) is 6.37. The minimum atomic E-state index is -0.429. The third-order valence-electron chi connectivity index (χ3n) is 3.04. The van der Waals surface area contributed by atoms with Crippen molar-refractivity contribution in [2.75, 3.05) is 5.32 Å². The van der Waals surface area contributed by atoms with Crippen molar-refractivity contribution in [1.29, 1.82) is 5.26 Å². The average Bonchev–Trinajstić information content (AvgIpc) is 2.48. The lowest BCUT2D eigenvalue weighted by Gasteiger charge is -2.11. The molecule has 0 radical (unpaired) electrons. The van der Waals surface area contributed by atoms with Crippen LogP contribution in [0.5, 0.6) is 0 Å². The van der Waals surface area contributed by atoms with Crippen LogP contribution < -0.4 is 5.32 Å². The summed E-state index contributed by atoms with van der Waals surface area (Å²) in [6.07, 6.45) is 1.40. The van der Waals surface area contributed by atoms with Crippen LogP contribution >= 0.6 is 12.4 Å². The highest BCUT2D eigenvalue weighted by Gasteiger charge is 2.10. The quantitative estimate of drug-likeness (QED) is 0.754. The van der Waals surface area contributed by atoms with Gasteiger partial charge in [0, 0.05) is 17.3 Å². The third-order valence-corrected chi connectivity index (χ3v) is 3.04. The van der Waals surface area contributed by atoms with E-state index in [-0.39, 0.29) is 18.0 Å². The van der Waals surface area contributed by atoms with Crippen molar-refractivity contribution in [3.05, 3.63) is 65.9 Å². The van der Waals surface area contributed by atoms with E-state index in [4.69, 9.17) is 0 Å². The van der Waals surface area contributed by atoms with Gasteiger partial charge in [0.15, 0.2) is 0 Å². The van der Waals surface area contributed by atoms with Crippen molar-refractivity contribution in [3.8, 4) is 6.07 Å². The van der Waals surface area contributed by atoms with Gasteiger partial charge in [-0.25, -0.2) is 8.78 Å². The summed E-state index contributed by atoms with van der Waals surface area (Å²) >= 11 is 0. The van der Waals surface area contributed by atoms with E-state index in [1.165, 1.54) is 36.5 Å². The molecule has 22 heavy (non-hydrogen) atoms. The normalized spacial score (nSPS) is 9.86. The predicted molar refractivity (Wildman–Crippen MR) is 83.3 cm³/mol. The maximum atomic E-state index is 13.5. The number of anilines is 2. The zero-order valence-electron chi connectivity index (χ0n) is 11.2. The van der Waals surface area contributed by atoms with Gasteiger partial charge in [0.2, 0.25) is 0 Å². The second-order valence-corrected chi connectivity index (χ2v) is 4.46. The molecule has 6 heteroatoms. The molecule has 0 saturated heterocycles. The molecule has 2 aromatic carbocycles. The Morgan fingerprint density at radius 1 is 1.05 bits per heavy atom. The Hall–Kier alpha value is -2.71. The van der Waals surface area contributed by atoms with Crippen molar-refractivity contribution in [3.63, 3.8) is 0 Å². The maximum Gasteiger partial charge on any atom is 0.125 e. The summed E-state index contributed by atoms with van der Waals surface area (Å²) in [6.45, 7) is 0. The zero-order chi connectivity index (χ0) is 14.8. The zero-order valence-corrected chi connectivity index (χ0v) is 12.0. The molecule has 0 unspecified atom stereocenters. The fourth-order valence-corrected chi connectivity index (χ4v) is 2.09. The number of rotatable bonds is 2. The first-order valence-corrected chi connectivity index (χ1v) is 6.18. The number of nitrogens with one attached hydrogen (secondary N) is 1. The van der Waals surface area contributed by atoms with Crippen LogP contribution in [0.2, 0.25) is 0 Å². The first-order chi connectivity index (χ1) is 10.2. The number of aromatic nitrogens is 1. The Labute approximate surface area is 131 Å². The summed E-state index contributed by atoms with van der Waals surface area (Å²) in [5.41, 5.74) is 1.70. The minimum absolute atomic E-state index is 0. The Morgan fingerprint density at radius 3 is 2.55 bits per heavy atom. The van der Waals surface area contributed by atoms with Gasteiger partial charge < -0.3 is 5.32 Å². The van der Waals surface area contributed by atoms with Crippen molar-refractivity contribution < 1.29 is 8.78 Å². The van der Waals surface area contributed by atoms with Crippen LogP contribution in [-0.4, -0.2) is 4.98 Å². The Morgan fingerprint density at radius 2 is 1.82 bits per heavy atom. The van der Waals surface area contributed by atoms with E-state index in [9.17, 15) is 14.0 Å². The molecule has 3 nitrogen and oxygen atoms in total. The molecule has 3 aromatic rings. The van der Waals surface area contributed by atoms with Crippen LogP contribution in [0.1, 0.15) is 5.56 Å². The number of nitrogens with zero attached hydrogens (tertiary/aromatic N) is 2. The molecule has 0 fully saturated rings. The molecular formula is C16H10ClF2N3. The van der Waals surface area contributed by atoms with E-state index in [0.29, 0.717) is 22.3 Å². The van der Waals surface area contributed by atoms with Gasteiger partial charge >= 0.3 is 0 Å². The van der Waals surface area contributed by atoms with E-state index in [1.54, 1.807) is 12.1 Å².